The number of carbonyl (C=O) groups excluding carboxylic acids is 2. The molecule has 1 aromatic heterocycles. The van der Waals surface area contributed by atoms with Crippen molar-refractivity contribution < 1.29 is 19.1 Å². The summed E-state index contributed by atoms with van der Waals surface area (Å²) in [7, 11) is 2.94. The number of ether oxygens (including phenoxy) is 2. The van der Waals surface area contributed by atoms with Gasteiger partial charge in [-0.1, -0.05) is 35.6 Å². The smallest absolute Gasteiger partial charge is 0.337 e. The Hall–Kier alpha value is -3.39. The summed E-state index contributed by atoms with van der Waals surface area (Å²) in [4.78, 5) is 29.0. The number of nitrogens with zero attached hydrogens (tertiary/aromatic N) is 1. The lowest BCUT2D eigenvalue weighted by atomic mass is 10.1. The Morgan fingerprint density at radius 3 is 2.48 bits per heavy atom. The van der Waals surface area contributed by atoms with Crippen molar-refractivity contribution in [3.63, 3.8) is 0 Å². The van der Waals surface area contributed by atoms with Gasteiger partial charge in [0.1, 0.15) is 10.6 Å². The maximum Gasteiger partial charge on any atom is 0.337 e. The molecule has 0 radical (unpaired) electrons. The molecule has 0 bridgehead atoms. The van der Waals surface area contributed by atoms with Gasteiger partial charge >= 0.3 is 5.97 Å². The third kappa shape index (κ3) is 4.91. The molecular formula is C21H21N3O4S. The highest BCUT2D eigenvalue weighted by atomic mass is 32.1. The summed E-state index contributed by atoms with van der Waals surface area (Å²) < 4.78 is 10.0. The molecule has 0 aliphatic rings. The number of amides is 1. The Balaban J connectivity index is 1.65. The van der Waals surface area contributed by atoms with Crippen LogP contribution in [0.3, 0.4) is 0 Å². The van der Waals surface area contributed by atoms with E-state index in [-0.39, 0.29) is 5.91 Å². The fourth-order valence-electron chi connectivity index (χ4n) is 2.66. The Morgan fingerprint density at radius 2 is 1.79 bits per heavy atom. The van der Waals surface area contributed by atoms with Crippen LogP contribution in [-0.2, 0) is 11.3 Å². The van der Waals surface area contributed by atoms with E-state index >= 15 is 0 Å². The maximum atomic E-state index is 12.6. The van der Waals surface area contributed by atoms with Crippen molar-refractivity contribution in [3.05, 3.63) is 70.2 Å². The average Bonchev–Trinajstić information content (AvgIpc) is 3.12. The van der Waals surface area contributed by atoms with Crippen LogP contribution in [-0.4, -0.2) is 31.1 Å². The van der Waals surface area contributed by atoms with Crippen molar-refractivity contribution in [2.24, 2.45) is 0 Å². The highest BCUT2D eigenvalue weighted by Gasteiger charge is 2.16. The number of anilines is 2. The number of aromatic nitrogens is 1. The van der Waals surface area contributed by atoms with Gasteiger partial charge < -0.3 is 20.1 Å². The average molecular weight is 411 g/mol. The van der Waals surface area contributed by atoms with Gasteiger partial charge in [0.2, 0.25) is 0 Å². The van der Waals surface area contributed by atoms with Crippen molar-refractivity contribution in [1.29, 1.82) is 0 Å². The van der Waals surface area contributed by atoms with Gasteiger partial charge in [-0.15, -0.1) is 0 Å². The number of para-hydroxylation sites is 2. The highest BCUT2D eigenvalue weighted by molar-refractivity contribution is 7.17. The zero-order chi connectivity index (χ0) is 20.8. The van der Waals surface area contributed by atoms with Crippen molar-refractivity contribution in [2.45, 2.75) is 13.5 Å². The van der Waals surface area contributed by atoms with Gasteiger partial charge in [-0.05, 0) is 36.8 Å². The van der Waals surface area contributed by atoms with E-state index in [1.54, 1.807) is 38.3 Å². The molecule has 29 heavy (non-hydrogen) atoms. The van der Waals surface area contributed by atoms with Gasteiger partial charge in [-0.2, -0.15) is 0 Å². The minimum Gasteiger partial charge on any atom is -0.495 e. The fraction of sp³-hybridized carbons (Fsp3) is 0.190. The normalized spacial score (nSPS) is 10.3. The lowest BCUT2D eigenvalue weighted by molar-refractivity contribution is 0.0600. The van der Waals surface area contributed by atoms with Gasteiger partial charge in [0.15, 0.2) is 5.13 Å². The van der Waals surface area contributed by atoms with E-state index in [4.69, 9.17) is 4.74 Å². The molecular weight excluding hydrogens is 390 g/mol. The molecule has 0 saturated heterocycles. The fourth-order valence-corrected chi connectivity index (χ4v) is 3.56. The van der Waals surface area contributed by atoms with Crippen LogP contribution in [0.5, 0.6) is 5.75 Å². The summed E-state index contributed by atoms with van der Waals surface area (Å²) in [5.74, 6) is 0.0998. The molecule has 0 unspecified atom stereocenters. The molecule has 0 atom stereocenters. The van der Waals surface area contributed by atoms with Gasteiger partial charge in [0, 0.05) is 6.54 Å². The van der Waals surface area contributed by atoms with Gasteiger partial charge in [0.05, 0.1) is 31.2 Å². The molecule has 8 heteroatoms. The summed E-state index contributed by atoms with van der Waals surface area (Å²) in [6, 6.07) is 14.4. The maximum absolute atomic E-state index is 12.6. The van der Waals surface area contributed by atoms with E-state index < -0.39 is 5.97 Å². The molecule has 3 aromatic rings. The number of thiazole rings is 1. The van der Waals surface area contributed by atoms with E-state index in [2.05, 4.69) is 20.4 Å². The molecule has 0 aliphatic carbocycles. The highest BCUT2D eigenvalue weighted by Crippen LogP contribution is 2.30. The number of esters is 1. The first-order valence-electron chi connectivity index (χ1n) is 8.84. The standard InChI is InChI=1S/C21H21N3O4S/c1-13-18(29-21(23-13)24-16-6-4-5-7-17(16)27-2)19(25)22-12-14-8-10-15(11-9-14)20(26)28-3/h4-11H,12H2,1-3H3,(H,22,25)(H,23,24). The SMILES string of the molecule is COC(=O)c1ccc(CNC(=O)c2sc(Nc3ccccc3OC)nc2C)cc1. The Kier molecular flexibility index (Phi) is 6.46. The Morgan fingerprint density at radius 1 is 1.07 bits per heavy atom. The molecule has 3 rings (SSSR count). The van der Waals surface area contributed by atoms with Crippen molar-refractivity contribution in [3.8, 4) is 5.75 Å². The van der Waals surface area contributed by atoms with Gasteiger partial charge in [-0.3, -0.25) is 4.79 Å². The monoisotopic (exact) mass is 411 g/mol. The third-order valence-electron chi connectivity index (χ3n) is 4.18. The van der Waals surface area contributed by atoms with Crippen molar-refractivity contribution in [1.82, 2.24) is 10.3 Å². The number of aryl methyl sites for hydroxylation is 1. The zero-order valence-electron chi connectivity index (χ0n) is 16.3. The summed E-state index contributed by atoms with van der Waals surface area (Å²) in [5.41, 5.74) is 2.76. The second kappa shape index (κ2) is 9.20. The second-order valence-corrected chi connectivity index (χ2v) is 7.13. The number of carbonyl (C=O) groups is 2. The largest absolute Gasteiger partial charge is 0.495 e. The van der Waals surface area contributed by atoms with E-state index in [1.165, 1.54) is 18.4 Å². The van der Waals surface area contributed by atoms with E-state index in [0.717, 1.165) is 11.3 Å². The Bertz CT molecular complexity index is 1020. The predicted molar refractivity (Wildman–Crippen MR) is 112 cm³/mol. The molecule has 1 heterocycles. The summed E-state index contributed by atoms with van der Waals surface area (Å²) >= 11 is 1.28. The van der Waals surface area contributed by atoms with E-state index in [1.807, 2.05) is 24.3 Å². The molecule has 2 N–H and O–H groups in total. The molecule has 0 aliphatic heterocycles. The molecule has 7 nitrogen and oxygen atoms in total. The van der Waals surface area contributed by atoms with Crippen LogP contribution in [0.15, 0.2) is 48.5 Å². The van der Waals surface area contributed by atoms with Gasteiger partial charge in [-0.25, -0.2) is 9.78 Å². The minimum absolute atomic E-state index is 0.204. The van der Waals surface area contributed by atoms with E-state index in [0.29, 0.717) is 33.6 Å². The number of benzene rings is 2. The summed E-state index contributed by atoms with van der Waals surface area (Å²) in [6.07, 6.45) is 0. The number of hydrogen-bond donors (Lipinski definition) is 2. The van der Waals surface area contributed by atoms with Crippen LogP contribution in [0, 0.1) is 6.92 Å². The minimum atomic E-state index is -0.393. The molecule has 0 fully saturated rings. The second-order valence-electron chi connectivity index (χ2n) is 6.13. The first-order valence-corrected chi connectivity index (χ1v) is 9.66. The van der Waals surface area contributed by atoms with Gasteiger partial charge in [0.25, 0.3) is 5.91 Å². The van der Waals surface area contributed by atoms with Crippen molar-refractivity contribution in [2.75, 3.05) is 19.5 Å². The zero-order valence-corrected chi connectivity index (χ0v) is 17.1. The summed E-state index contributed by atoms with van der Waals surface area (Å²) in [6.45, 7) is 2.14. The molecule has 150 valence electrons. The molecule has 2 aromatic carbocycles. The summed E-state index contributed by atoms with van der Waals surface area (Å²) in [5, 5.41) is 6.69. The van der Waals surface area contributed by atoms with Crippen LogP contribution in [0.4, 0.5) is 10.8 Å². The first kappa shape index (κ1) is 20.3. The van der Waals surface area contributed by atoms with Crippen molar-refractivity contribution >= 4 is 34.0 Å². The molecule has 0 saturated carbocycles. The van der Waals surface area contributed by atoms with Crippen LogP contribution in [0.25, 0.3) is 0 Å². The predicted octanol–water partition coefficient (Wildman–Crippen LogP) is 3.92. The molecule has 1 amide bonds. The van der Waals surface area contributed by atoms with Crippen LogP contribution >= 0.6 is 11.3 Å². The number of rotatable bonds is 7. The third-order valence-corrected chi connectivity index (χ3v) is 5.25. The van der Waals surface area contributed by atoms with Crippen LogP contribution < -0.4 is 15.4 Å². The van der Waals surface area contributed by atoms with E-state index in [9.17, 15) is 9.59 Å². The first-order chi connectivity index (χ1) is 14.0. The Labute approximate surface area is 172 Å². The van der Waals surface area contributed by atoms with Crippen LogP contribution in [0.1, 0.15) is 31.3 Å². The number of methoxy groups -OCH3 is 2. The molecule has 0 spiro atoms. The number of hydrogen-bond acceptors (Lipinski definition) is 7. The lowest BCUT2D eigenvalue weighted by Crippen LogP contribution is -2.22. The lowest BCUT2D eigenvalue weighted by Gasteiger charge is -2.08. The quantitative estimate of drug-likeness (QED) is 0.573. The number of nitrogens with one attached hydrogen (secondary N) is 2. The van der Waals surface area contributed by atoms with Crippen LogP contribution in [0.2, 0.25) is 0 Å². The topological polar surface area (TPSA) is 89.5 Å².